The van der Waals surface area contributed by atoms with Crippen LogP contribution in [0.25, 0.3) is 0 Å². The number of aromatic nitrogens is 1. The molecule has 0 saturated carbocycles. The van der Waals surface area contributed by atoms with Crippen LogP contribution in [0.3, 0.4) is 0 Å². The molecule has 1 amide bonds. The minimum atomic E-state index is -0.0534. The first-order valence-electron chi connectivity index (χ1n) is 6.17. The Bertz CT molecular complexity index is 436. The number of nitrogens with zero attached hydrogens (tertiary/aromatic N) is 2. The van der Waals surface area contributed by atoms with Gasteiger partial charge in [-0.2, -0.15) is 0 Å². The third-order valence-electron chi connectivity index (χ3n) is 3.50. The van der Waals surface area contributed by atoms with Crippen LogP contribution >= 0.6 is 0 Å². The molecule has 2 heterocycles. The van der Waals surface area contributed by atoms with E-state index in [0.29, 0.717) is 23.9 Å². The average molecular weight is 249 g/mol. The molecule has 18 heavy (non-hydrogen) atoms. The Kier molecular flexibility index (Phi) is 3.81. The lowest BCUT2D eigenvalue weighted by atomic mass is 9.94. The second-order valence-corrected chi connectivity index (χ2v) is 4.74. The van der Waals surface area contributed by atoms with Gasteiger partial charge in [-0.25, -0.2) is 4.98 Å². The zero-order valence-electron chi connectivity index (χ0n) is 10.8. The third-order valence-corrected chi connectivity index (χ3v) is 3.50. The van der Waals surface area contributed by atoms with Crippen LogP contribution in [0.4, 0.5) is 0 Å². The van der Waals surface area contributed by atoms with E-state index in [-0.39, 0.29) is 11.9 Å². The van der Waals surface area contributed by atoms with Gasteiger partial charge in [-0.15, -0.1) is 0 Å². The first kappa shape index (κ1) is 12.8. The highest BCUT2D eigenvalue weighted by Crippen LogP contribution is 2.21. The lowest BCUT2D eigenvalue weighted by Gasteiger charge is -2.35. The van der Waals surface area contributed by atoms with E-state index in [1.807, 2.05) is 0 Å². The number of carbonyl (C=O) groups excluding carboxylic acids is 1. The first-order valence-corrected chi connectivity index (χ1v) is 6.17. The van der Waals surface area contributed by atoms with Gasteiger partial charge in [0.15, 0.2) is 0 Å². The molecule has 0 aliphatic carbocycles. The molecule has 0 radical (unpaired) electrons. The molecule has 1 aromatic rings. The molecule has 2 N–H and O–H groups in total. The summed E-state index contributed by atoms with van der Waals surface area (Å²) in [5.74, 6) is 0.779. The lowest BCUT2D eigenvalue weighted by molar-refractivity contribution is 0.0668. The minimum absolute atomic E-state index is 0.0466. The fraction of sp³-hybridized carbons (Fsp3) is 0.538. The van der Waals surface area contributed by atoms with E-state index in [2.05, 4.69) is 11.9 Å². The van der Waals surface area contributed by atoms with Gasteiger partial charge >= 0.3 is 0 Å². The molecule has 1 aromatic heterocycles. The van der Waals surface area contributed by atoms with Crippen molar-refractivity contribution < 1.29 is 9.53 Å². The van der Waals surface area contributed by atoms with Gasteiger partial charge in [0.1, 0.15) is 5.56 Å². The van der Waals surface area contributed by atoms with Crippen molar-refractivity contribution in [3.05, 3.63) is 23.9 Å². The third kappa shape index (κ3) is 2.46. The Balaban J connectivity index is 2.16. The summed E-state index contributed by atoms with van der Waals surface area (Å²) in [4.78, 5) is 18.2. The predicted molar refractivity (Wildman–Crippen MR) is 68.4 cm³/mol. The standard InChI is InChI=1S/C13H19N3O2/c1-9-5-7-16(8-11(9)14)13(17)10-4-3-6-15-12(10)18-2/h3-4,6,9,11H,5,7-8,14H2,1-2H3. The molecule has 2 atom stereocenters. The van der Waals surface area contributed by atoms with E-state index in [1.54, 1.807) is 23.2 Å². The molecule has 2 unspecified atom stereocenters. The molecule has 0 spiro atoms. The topological polar surface area (TPSA) is 68.5 Å². The van der Waals surface area contributed by atoms with Crippen LogP contribution in [0.1, 0.15) is 23.7 Å². The van der Waals surface area contributed by atoms with Crippen LogP contribution in [0.2, 0.25) is 0 Å². The molecule has 0 aromatic carbocycles. The van der Waals surface area contributed by atoms with Gasteiger partial charge in [-0.1, -0.05) is 6.92 Å². The minimum Gasteiger partial charge on any atom is -0.480 e. The smallest absolute Gasteiger partial charge is 0.259 e. The monoisotopic (exact) mass is 249 g/mol. The molecule has 0 bridgehead atoms. The Morgan fingerprint density at radius 3 is 3.06 bits per heavy atom. The number of nitrogens with two attached hydrogens (primary N) is 1. The molecule has 98 valence electrons. The van der Waals surface area contributed by atoms with E-state index < -0.39 is 0 Å². The highest BCUT2D eigenvalue weighted by molar-refractivity contribution is 5.96. The Hall–Kier alpha value is -1.62. The van der Waals surface area contributed by atoms with Crippen LogP contribution in [0.15, 0.2) is 18.3 Å². The van der Waals surface area contributed by atoms with Gasteiger partial charge in [0, 0.05) is 25.3 Å². The van der Waals surface area contributed by atoms with Crippen molar-refractivity contribution in [2.45, 2.75) is 19.4 Å². The number of ether oxygens (including phenoxy) is 1. The number of piperidine rings is 1. The summed E-state index contributed by atoms with van der Waals surface area (Å²) in [5, 5.41) is 0. The summed E-state index contributed by atoms with van der Waals surface area (Å²) >= 11 is 0. The molecule has 1 fully saturated rings. The number of hydrogen-bond donors (Lipinski definition) is 1. The maximum Gasteiger partial charge on any atom is 0.259 e. The summed E-state index contributed by atoms with van der Waals surface area (Å²) < 4.78 is 5.12. The second kappa shape index (κ2) is 5.35. The largest absolute Gasteiger partial charge is 0.480 e. The highest BCUT2D eigenvalue weighted by atomic mass is 16.5. The van der Waals surface area contributed by atoms with E-state index in [9.17, 15) is 4.79 Å². The molecular weight excluding hydrogens is 230 g/mol. The quantitative estimate of drug-likeness (QED) is 0.845. The van der Waals surface area contributed by atoms with Crippen molar-refractivity contribution in [1.82, 2.24) is 9.88 Å². The van der Waals surface area contributed by atoms with Crippen LogP contribution in [0.5, 0.6) is 5.88 Å². The number of likely N-dealkylation sites (tertiary alicyclic amines) is 1. The van der Waals surface area contributed by atoms with E-state index in [1.165, 1.54) is 7.11 Å². The number of amides is 1. The van der Waals surface area contributed by atoms with Gasteiger partial charge in [-0.05, 0) is 24.5 Å². The van der Waals surface area contributed by atoms with Gasteiger partial charge < -0.3 is 15.4 Å². The predicted octanol–water partition coefficient (Wildman–Crippen LogP) is 0.900. The van der Waals surface area contributed by atoms with E-state index in [0.717, 1.165) is 13.0 Å². The first-order chi connectivity index (χ1) is 8.63. The Morgan fingerprint density at radius 1 is 1.61 bits per heavy atom. The zero-order chi connectivity index (χ0) is 13.1. The normalized spacial score (nSPS) is 23.8. The van der Waals surface area contributed by atoms with Gasteiger partial charge in [-0.3, -0.25) is 4.79 Å². The second-order valence-electron chi connectivity index (χ2n) is 4.74. The van der Waals surface area contributed by atoms with Crippen LogP contribution in [0, 0.1) is 5.92 Å². The molecule has 2 rings (SSSR count). The average Bonchev–Trinajstić information content (AvgIpc) is 2.41. The maximum absolute atomic E-state index is 12.4. The van der Waals surface area contributed by atoms with Crippen molar-refractivity contribution in [2.24, 2.45) is 11.7 Å². The molecule has 1 saturated heterocycles. The Labute approximate surface area is 107 Å². The van der Waals surface area contributed by atoms with Gasteiger partial charge in [0.25, 0.3) is 5.91 Å². The number of hydrogen-bond acceptors (Lipinski definition) is 4. The van der Waals surface area contributed by atoms with Gasteiger partial charge in [0.2, 0.25) is 5.88 Å². The summed E-state index contributed by atoms with van der Waals surface area (Å²) in [7, 11) is 1.52. The lowest BCUT2D eigenvalue weighted by Crippen LogP contribution is -2.49. The fourth-order valence-electron chi connectivity index (χ4n) is 2.17. The molecule has 1 aliphatic heterocycles. The van der Waals surface area contributed by atoms with Crippen molar-refractivity contribution in [2.75, 3.05) is 20.2 Å². The Morgan fingerprint density at radius 2 is 2.39 bits per heavy atom. The number of pyridine rings is 1. The SMILES string of the molecule is COc1ncccc1C(=O)N1CCC(C)C(N)C1. The number of rotatable bonds is 2. The summed E-state index contributed by atoms with van der Waals surface area (Å²) in [6, 6.07) is 3.52. The molecule has 1 aliphatic rings. The van der Waals surface area contributed by atoms with E-state index in [4.69, 9.17) is 10.5 Å². The summed E-state index contributed by atoms with van der Waals surface area (Å²) in [5.41, 5.74) is 6.52. The van der Waals surface area contributed by atoms with Crippen LogP contribution in [-0.4, -0.2) is 42.0 Å². The van der Waals surface area contributed by atoms with Gasteiger partial charge in [0.05, 0.1) is 7.11 Å². The number of carbonyl (C=O) groups is 1. The van der Waals surface area contributed by atoms with Crippen molar-refractivity contribution in [3.63, 3.8) is 0 Å². The zero-order valence-corrected chi connectivity index (χ0v) is 10.8. The fourth-order valence-corrected chi connectivity index (χ4v) is 2.17. The summed E-state index contributed by atoms with van der Waals surface area (Å²) in [6.07, 6.45) is 2.55. The molecular formula is C13H19N3O2. The molecule has 5 nitrogen and oxygen atoms in total. The summed E-state index contributed by atoms with van der Waals surface area (Å²) in [6.45, 7) is 3.46. The highest BCUT2D eigenvalue weighted by Gasteiger charge is 2.28. The van der Waals surface area contributed by atoms with Crippen molar-refractivity contribution >= 4 is 5.91 Å². The van der Waals surface area contributed by atoms with Crippen LogP contribution < -0.4 is 10.5 Å². The molecule has 5 heteroatoms. The number of methoxy groups -OCH3 is 1. The van der Waals surface area contributed by atoms with Crippen LogP contribution in [-0.2, 0) is 0 Å². The maximum atomic E-state index is 12.4. The van der Waals surface area contributed by atoms with E-state index >= 15 is 0 Å². The van der Waals surface area contributed by atoms with Crippen molar-refractivity contribution in [3.8, 4) is 5.88 Å². The van der Waals surface area contributed by atoms with Crippen molar-refractivity contribution in [1.29, 1.82) is 0 Å².